The Morgan fingerprint density at radius 1 is 1.16 bits per heavy atom. The molecule has 0 N–H and O–H groups in total. The molecule has 0 radical (unpaired) electrons. The number of thioether (sulfide) groups is 1. The first kappa shape index (κ1) is 18.0. The fraction of sp³-hybridized carbons (Fsp3) is 0.526. The Labute approximate surface area is 152 Å². The van der Waals surface area contributed by atoms with Crippen LogP contribution in [0, 0.1) is 0 Å². The van der Waals surface area contributed by atoms with Crippen LogP contribution in [0.5, 0.6) is 0 Å². The van der Waals surface area contributed by atoms with E-state index in [-0.39, 0.29) is 17.5 Å². The maximum atomic E-state index is 12.8. The second-order valence-electron chi connectivity index (χ2n) is 6.76. The van der Waals surface area contributed by atoms with Gasteiger partial charge in [0.25, 0.3) is 5.56 Å². The highest BCUT2D eigenvalue weighted by molar-refractivity contribution is 7.99. The van der Waals surface area contributed by atoms with E-state index in [1.807, 2.05) is 36.9 Å². The third kappa shape index (κ3) is 4.06. The van der Waals surface area contributed by atoms with E-state index in [2.05, 4.69) is 4.98 Å². The first-order valence-electron chi connectivity index (χ1n) is 9.00. The minimum atomic E-state index is -0.0367. The first-order chi connectivity index (χ1) is 12.1. The van der Waals surface area contributed by atoms with Crippen LogP contribution in [0.3, 0.4) is 0 Å². The molecule has 134 valence electrons. The van der Waals surface area contributed by atoms with Crippen LogP contribution in [0.25, 0.3) is 10.9 Å². The van der Waals surface area contributed by atoms with E-state index in [4.69, 9.17) is 0 Å². The summed E-state index contributed by atoms with van der Waals surface area (Å²) in [5.41, 5.74) is 0.652. The van der Waals surface area contributed by atoms with Crippen molar-refractivity contribution in [3.05, 3.63) is 34.6 Å². The van der Waals surface area contributed by atoms with Gasteiger partial charge in [-0.25, -0.2) is 4.98 Å². The Kier molecular flexibility index (Phi) is 5.78. The van der Waals surface area contributed by atoms with Crippen LogP contribution >= 0.6 is 11.8 Å². The molecule has 1 aromatic carbocycles. The fourth-order valence-corrected chi connectivity index (χ4v) is 4.25. The standard InChI is InChI=1S/C19H25N3O2S/c1-14(2)22-18(24)15-9-5-6-10-16(15)20-19(22)25-13-17(23)21-11-7-3-4-8-12-21/h5-6,9-10,14H,3-4,7-8,11-13H2,1-2H3. The zero-order valence-corrected chi connectivity index (χ0v) is 15.7. The molecule has 5 nitrogen and oxygen atoms in total. The van der Waals surface area contributed by atoms with Crippen LogP contribution in [0.1, 0.15) is 45.6 Å². The predicted molar refractivity (Wildman–Crippen MR) is 102 cm³/mol. The van der Waals surface area contributed by atoms with Gasteiger partial charge in [-0.15, -0.1) is 0 Å². The monoisotopic (exact) mass is 359 g/mol. The molecule has 1 aromatic heterocycles. The van der Waals surface area contributed by atoms with Gasteiger partial charge >= 0.3 is 0 Å². The summed E-state index contributed by atoms with van der Waals surface area (Å²) in [5, 5.41) is 1.25. The zero-order chi connectivity index (χ0) is 17.8. The van der Waals surface area contributed by atoms with Crippen LogP contribution in [0.2, 0.25) is 0 Å². The molecule has 0 aliphatic carbocycles. The average Bonchev–Trinajstić information content (AvgIpc) is 2.89. The summed E-state index contributed by atoms with van der Waals surface area (Å²) in [6.07, 6.45) is 4.58. The number of amides is 1. The number of likely N-dealkylation sites (tertiary alicyclic amines) is 1. The Bertz CT molecular complexity index is 808. The minimum Gasteiger partial charge on any atom is -0.342 e. The van der Waals surface area contributed by atoms with Crippen molar-refractivity contribution in [2.45, 2.75) is 50.7 Å². The van der Waals surface area contributed by atoms with E-state index in [9.17, 15) is 9.59 Å². The Hall–Kier alpha value is -1.82. The molecule has 2 aromatic rings. The summed E-state index contributed by atoms with van der Waals surface area (Å²) < 4.78 is 1.70. The van der Waals surface area contributed by atoms with Gasteiger partial charge in [-0.2, -0.15) is 0 Å². The second-order valence-corrected chi connectivity index (χ2v) is 7.71. The molecule has 0 bridgehead atoms. The molecule has 1 saturated heterocycles. The van der Waals surface area contributed by atoms with E-state index < -0.39 is 0 Å². The van der Waals surface area contributed by atoms with Gasteiger partial charge in [0.1, 0.15) is 0 Å². The predicted octanol–water partition coefficient (Wildman–Crippen LogP) is 3.47. The van der Waals surface area contributed by atoms with Crippen molar-refractivity contribution >= 4 is 28.6 Å². The Balaban J connectivity index is 1.84. The molecule has 1 amide bonds. The average molecular weight is 359 g/mol. The van der Waals surface area contributed by atoms with E-state index in [0.717, 1.165) is 25.9 Å². The fourth-order valence-electron chi connectivity index (χ4n) is 3.22. The number of hydrogen-bond donors (Lipinski definition) is 0. The maximum absolute atomic E-state index is 12.8. The van der Waals surface area contributed by atoms with Gasteiger partial charge in [0, 0.05) is 19.1 Å². The minimum absolute atomic E-state index is 0.000366. The largest absolute Gasteiger partial charge is 0.342 e. The van der Waals surface area contributed by atoms with Crippen LogP contribution in [-0.2, 0) is 4.79 Å². The van der Waals surface area contributed by atoms with Gasteiger partial charge in [-0.05, 0) is 38.8 Å². The van der Waals surface area contributed by atoms with E-state index in [0.29, 0.717) is 21.8 Å². The lowest BCUT2D eigenvalue weighted by Crippen LogP contribution is -2.33. The normalized spacial score (nSPS) is 15.6. The molecule has 3 rings (SSSR count). The van der Waals surface area contributed by atoms with E-state index >= 15 is 0 Å². The highest BCUT2D eigenvalue weighted by Crippen LogP contribution is 2.22. The summed E-state index contributed by atoms with van der Waals surface area (Å²) in [7, 11) is 0. The molecule has 0 unspecified atom stereocenters. The van der Waals surface area contributed by atoms with Crippen molar-refractivity contribution in [1.82, 2.24) is 14.5 Å². The Morgan fingerprint density at radius 2 is 1.84 bits per heavy atom. The topological polar surface area (TPSA) is 55.2 Å². The van der Waals surface area contributed by atoms with E-state index in [1.54, 1.807) is 10.6 Å². The molecular weight excluding hydrogens is 334 g/mol. The van der Waals surface area contributed by atoms with Crippen LogP contribution in [0.15, 0.2) is 34.2 Å². The number of hydrogen-bond acceptors (Lipinski definition) is 4. The van der Waals surface area contributed by atoms with Crippen molar-refractivity contribution in [3.63, 3.8) is 0 Å². The molecule has 1 aliphatic heterocycles. The van der Waals surface area contributed by atoms with Gasteiger partial charge < -0.3 is 4.90 Å². The summed E-state index contributed by atoms with van der Waals surface area (Å²) >= 11 is 1.37. The lowest BCUT2D eigenvalue weighted by Gasteiger charge is -2.21. The second kappa shape index (κ2) is 8.04. The third-order valence-electron chi connectivity index (χ3n) is 4.58. The van der Waals surface area contributed by atoms with Gasteiger partial charge in [-0.3, -0.25) is 14.2 Å². The van der Waals surface area contributed by atoms with Crippen molar-refractivity contribution in [2.75, 3.05) is 18.8 Å². The Morgan fingerprint density at radius 3 is 2.52 bits per heavy atom. The molecule has 0 saturated carbocycles. The highest BCUT2D eigenvalue weighted by Gasteiger charge is 2.19. The van der Waals surface area contributed by atoms with Crippen molar-refractivity contribution in [2.24, 2.45) is 0 Å². The highest BCUT2D eigenvalue weighted by atomic mass is 32.2. The number of rotatable bonds is 4. The van der Waals surface area contributed by atoms with E-state index in [1.165, 1.54) is 24.6 Å². The summed E-state index contributed by atoms with van der Waals surface area (Å²) in [6.45, 7) is 5.64. The number of benzene rings is 1. The maximum Gasteiger partial charge on any atom is 0.262 e. The number of fused-ring (bicyclic) bond motifs is 1. The number of carbonyl (C=O) groups excluding carboxylic acids is 1. The quantitative estimate of drug-likeness (QED) is 0.619. The third-order valence-corrected chi connectivity index (χ3v) is 5.51. The first-order valence-corrected chi connectivity index (χ1v) is 9.98. The molecule has 6 heteroatoms. The molecule has 0 spiro atoms. The molecule has 25 heavy (non-hydrogen) atoms. The zero-order valence-electron chi connectivity index (χ0n) is 14.9. The molecular formula is C19H25N3O2S. The van der Waals surface area contributed by atoms with Crippen LogP contribution in [-0.4, -0.2) is 39.2 Å². The van der Waals surface area contributed by atoms with Gasteiger partial charge in [0.15, 0.2) is 5.16 Å². The summed E-state index contributed by atoms with van der Waals surface area (Å²) in [4.78, 5) is 31.9. The number of para-hydroxylation sites is 1. The van der Waals surface area contributed by atoms with Crippen molar-refractivity contribution in [1.29, 1.82) is 0 Å². The number of carbonyl (C=O) groups is 1. The molecule has 0 atom stereocenters. The van der Waals surface area contributed by atoms with Gasteiger partial charge in [0.05, 0.1) is 16.7 Å². The molecule has 2 heterocycles. The number of nitrogens with zero attached hydrogens (tertiary/aromatic N) is 3. The smallest absolute Gasteiger partial charge is 0.262 e. The SMILES string of the molecule is CC(C)n1c(SCC(=O)N2CCCCCC2)nc2ccccc2c1=O. The summed E-state index contributed by atoms with van der Waals surface area (Å²) in [5.74, 6) is 0.474. The summed E-state index contributed by atoms with van der Waals surface area (Å²) in [6, 6.07) is 7.39. The molecule has 1 fully saturated rings. The number of aromatic nitrogens is 2. The molecule has 1 aliphatic rings. The van der Waals surface area contributed by atoms with Crippen molar-refractivity contribution < 1.29 is 4.79 Å². The van der Waals surface area contributed by atoms with Gasteiger partial charge in [0.2, 0.25) is 5.91 Å². The van der Waals surface area contributed by atoms with Crippen LogP contribution in [0.4, 0.5) is 0 Å². The van der Waals surface area contributed by atoms with Gasteiger partial charge in [-0.1, -0.05) is 36.7 Å². The lowest BCUT2D eigenvalue weighted by atomic mass is 10.2. The van der Waals surface area contributed by atoms with Crippen molar-refractivity contribution in [3.8, 4) is 0 Å². The van der Waals surface area contributed by atoms with Crippen LogP contribution < -0.4 is 5.56 Å². The lowest BCUT2D eigenvalue weighted by molar-refractivity contribution is -0.128.